The summed E-state index contributed by atoms with van der Waals surface area (Å²) in [6, 6.07) is 8.04. The van der Waals surface area contributed by atoms with Gasteiger partial charge in [0.1, 0.15) is 0 Å². The number of rotatable bonds is 7. The van der Waals surface area contributed by atoms with Gasteiger partial charge in [0.05, 0.1) is 11.8 Å². The Hall–Kier alpha value is -2.89. The molecule has 0 bridgehead atoms. The van der Waals surface area contributed by atoms with Crippen molar-refractivity contribution >= 4 is 23.6 Å². The number of esters is 1. The number of aryl methyl sites for hydroxylation is 1. The van der Waals surface area contributed by atoms with E-state index in [1.165, 1.54) is 11.6 Å². The highest BCUT2D eigenvalue weighted by molar-refractivity contribution is 6.05. The first-order valence-corrected chi connectivity index (χ1v) is 9.17. The van der Waals surface area contributed by atoms with E-state index < -0.39 is 5.97 Å². The molecule has 144 valence electrons. The van der Waals surface area contributed by atoms with Crippen LogP contribution in [0, 0.1) is 0 Å². The number of hydrogen-bond acceptors (Lipinski definition) is 4. The molecular formula is C21H27N3O3. The molecule has 1 amide bonds. The van der Waals surface area contributed by atoms with Crippen LogP contribution in [0.4, 0.5) is 5.69 Å². The van der Waals surface area contributed by atoms with Crippen LogP contribution in [0.15, 0.2) is 36.5 Å². The first-order valence-electron chi connectivity index (χ1n) is 9.17. The zero-order valence-corrected chi connectivity index (χ0v) is 16.5. The van der Waals surface area contributed by atoms with Gasteiger partial charge in [0.25, 0.3) is 0 Å². The lowest BCUT2D eigenvalue weighted by molar-refractivity contribution is -0.111. The molecule has 27 heavy (non-hydrogen) atoms. The number of ether oxygens (including phenoxy) is 1. The molecule has 0 aliphatic carbocycles. The summed E-state index contributed by atoms with van der Waals surface area (Å²) in [7, 11) is 0. The average molecular weight is 369 g/mol. The van der Waals surface area contributed by atoms with Crippen LogP contribution in [-0.2, 0) is 16.1 Å². The molecule has 0 aliphatic heterocycles. The van der Waals surface area contributed by atoms with E-state index in [-0.39, 0.29) is 17.7 Å². The predicted octanol–water partition coefficient (Wildman–Crippen LogP) is 4.24. The van der Waals surface area contributed by atoms with Crippen LogP contribution < -0.4 is 5.32 Å². The summed E-state index contributed by atoms with van der Waals surface area (Å²) < 4.78 is 6.78. The second-order valence-electron chi connectivity index (χ2n) is 6.85. The molecule has 2 rings (SSSR count). The van der Waals surface area contributed by atoms with Gasteiger partial charge in [-0.2, -0.15) is 5.10 Å². The van der Waals surface area contributed by atoms with Crippen LogP contribution in [0.2, 0.25) is 0 Å². The molecule has 0 aliphatic rings. The van der Waals surface area contributed by atoms with Crippen LogP contribution in [-0.4, -0.2) is 27.8 Å². The molecule has 0 saturated heterocycles. The predicted molar refractivity (Wildman–Crippen MR) is 107 cm³/mol. The zero-order valence-electron chi connectivity index (χ0n) is 16.5. The minimum atomic E-state index is -0.555. The van der Waals surface area contributed by atoms with E-state index in [9.17, 15) is 9.59 Å². The number of amides is 1. The Labute approximate surface area is 160 Å². The normalized spacial score (nSPS) is 11.4. The van der Waals surface area contributed by atoms with Crippen molar-refractivity contribution in [1.82, 2.24) is 9.78 Å². The van der Waals surface area contributed by atoms with Gasteiger partial charge in [-0.05, 0) is 43.9 Å². The summed E-state index contributed by atoms with van der Waals surface area (Å²) in [4.78, 5) is 24.5. The van der Waals surface area contributed by atoms with Crippen molar-refractivity contribution in [3.8, 4) is 0 Å². The maximum Gasteiger partial charge on any atom is 0.361 e. The summed E-state index contributed by atoms with van der Waals surface area (Å²) in [5.41, 5.74) is 2.62. The fraction of sp³-hybridized carbons (Fsp3) is 0.381. The number of hydrogen-bond donors (Lipinski definition) is 1. The molecule has 0 spiro atoms. The molecule has 0 saturated carbocycles. The van der Waals surface area contributed by atoms with Gasteiger partial charge in [0.2, 0.25) is 5.91 Å². The van der Waals surface area contributed by atoms with E-state index in [2.05, 4.69) is 24.3 Å². The molecule has 0 atom stereocenters. The Morgan fingerprint density at radius 1 is 1.19 bits per heavy atom. The summed E-state index contributed by atoms with van der Waals surface area (Å²) in [6.45, 7) is 10.3. The lowest BCUT2D eigenvalue weighted by atomic mass is 10.0. The number of benzene rings is 1. The molecule has 1 aromatic heterocycles. The fourth-order valence-corrected chi connectivity index (χ4v) is 2.43. The Morgan fingerprint density at radius 3 is 2.41 bits per heavy atom. The second-order valence-corrected chi connectivity index (χ2v) is 6.85. The maximum absolute atomic E-state index is 12.3. The number of aromatic nitrogens is 2. The van der Waals surface area contributed by atoms with Gasteiger partial charge in [-0.15, -0.1) is 0 Å². The lowest BCUT2D eigenvalue weighted by Crippen LogP contribution is -2.16. The molecule has 1 heterocycles. The molecule has 1 N–H and O–H groups in total. The summed E-state index contributed by atoms with van der Waals surface area (Å²) in [6.07, 6.45) is 4.53. The quantitative estimate of drug-likeness (QED) is 0.585. The van der Waals surface area contributed by atoms with Crippen LogP contribution in [0.1, 0.15) is 62.2 Å². The van der Waals surface area contributed by atoms with Gasteiger partial charge in [-0.3, -0.25) is 9.48 Å². The molecule has 1 aromatic carbocycles. The number of carbonyl (C=O) groups excluding carboxylic acids is 2. The highest BCUT2D eigenvalue weighted by Gasteiger charge is 2.20. The Bertz CT molecular complexity index is 818. The van der Waals surface area contributed by atoms with Crippen molar-refractivity contribution < 1.29 is 14.3 Å². The van der Waals surface area contributed by atoms with Crippen molar-refractivity contribution in [2.24, 2.45) is 0 Å². The van der Waals surface area contributed by atoms with E-state index in [0.717, 1.165) is 5.56 Å². The van der Waals surface area contributed by atoms with E-state index in [1.807, 2.05) is 31.2 Å². The van der Waals surface area contributed by atoms with Gasteiger partial charge < -0.3 is 10.1 Å². The molecule has 0 unspecified atom stereocenters. The summed E-state index contributed by atoms with van der Waals surface area (Å²) in [5.74, 6) is -0.427. The average Bonchev–Trinajstić information content (AvgIpc) is 3.02. The van der Waals surface area contributed by atoms with Gasteiger partial charge in [0, 0.05) is 18.8 Å². The largest absolute Gasteiger partial charge is 0.458 e. The highest BCUT2D eigenvalue weighted by atomic mass is 16.5. The highest BCUT2D eigenvalue weighted by Crippen LogP contribution is 2.17. The van der Waals surface area contributed by atoms with Crippen molar-refractivity contribution in [3.05, 3.63) is 53.4 Å². The van der Waals surface area contributed by atoms with Gasteiger partial charge in [-0.25, -0.2) is 4.79 Å². The van der Waals surface area contributed by atoms with Crippen LogP contribution in [0.3, 0.4) is 0 Å². The Morgan fingerprint density at radius 2 is 1.85 bits per heavy atom. The van der Waals surface area contributed by atoms with Crippen molar-refractivity contribution in [2.75, 3.05) is 5.32 Å². The van der Waals surface area contributed by atoms with Gasteiger partial charge >= 0.3 is 5.97 Å². The third-order valence-electron chi connectivity index (χ3n) is 3.91. The maximum atomic E-state index is 12.3. The third kappa shape index (κ3) is 5.81. The van der Waals surface area contributed by atoms with Crippen molar-refractivity contribution in [1.29, 1.82) is 0 Å². The molecule has 6 heteroatoms. The topological polar surface area (TPSA) is 73.2 Å². The number of anilines is 1. The standard InChI is InChI=1S/C21H27N3O3/c1-6-24-13-18(20(23-24)21(26)27-15(4)5)22-19(25)12-9-16-7-10-17(11-8-16)14(2)3/h7-15H,6H2,1-5H3,(H,22,25)/b12-9+. The molecule has 6 nitrogen and oxygen atoms in total. The van der Waals surface area contributed by atoms with E-state index in [1.54, 1.807) is 30.8 Å². The van der Waals surface area contributed by atoms with Crippen molar-refractivity contribution in [2.45, 2.75) is 53.2 Å². The van der Waals surface area contributed by atoms with Gasteiger partial charge in [-0.1, -0.05) is 38.1 Å². The smallest absolute Gasteiger partial charge is 0.361 e. The van der Waals surface area contributed by atoms with Crippen LogP contribution in [0.25, 0.3) is 6.08 Å². The SMILES string of the molecule is CCn1cc(NC(=O)/C=C/c2ccc(C(C)C)cc2)c(C(=O)OC(C)C)n1. The Kier molecular flexibility index (Phi) is 6.93. The minimum absolute atomic E-state index is 0.105. The second kappa shape index (κ2) is 9.16. The lowest BCUT2D eigenvalue weighted by Gasteiger charge is -2.07. The first-order chi connectivity index (χ1) is 12.8. The van der Waals surface area contributed by atoms with E-state index in [4.69, 9.17) is 4.74 Å². The zero-order chi connectivity index (χ0) is 20.0. The van der Waals surface area contributed by atoms with E-state index >= 15 is 0 Å². The Balaban J connectivity index is 2.10. The number of carbonyl (C=O) groups is 2. The monoisotopic (exact) mass is 369 g/mol. The fourth-order valence-electron chi connectivity index (χ4n) is 2.43. The molecule has 0 fully saturated rings. The number of nitrogens with zero attached hydrogens (tertiary/aromatic N) is 2. The van der Waals surface area contributed by atoms with Gasteiger partial charge in [0.15, 0.2) is 5.69 Å². The molecule has 0 radical (unpaired) electrons. The van der Waals surface area contributed by atoms with Crippen LogP contribution >= 0.6 is 0 Å². The third-order valence-corrected chi connectivity index (χ3v) is 3.91. The summed E-state index contributed by atoms with van der Waals surface area (Å²) >= 11 is 0. The van der Waals surface area contributed by atoms with Crippen LogP contribution in [0.5, 0.6) is 0 Å². The first kappa shape index (κ1) is 20.4. The molecular weight excluding hydrogens is 342 g/mol. The minimum Gasteiger partial charge on any atom is -0.458 e. The molecule has 2 aromatic rings. The number of nitrogens with one attached hydrogen (secondary N) is 1. The summed E-state index contributed by atoms with van der Waals surface area (Å²) in [5, 5.41) is 6.89. The van der Waals surface area contributed by atoms with Crippen molar-refractivity contribution in [3.63, 3.8) is 0 Å². The van der Waals surface area contributed by atoms with E-state index in [0.29, 0.717) is 18.2 Å².